The van der Waals surface area contributed by atoms with Gasteiger partial charge in [0.2, 0.25) is 0 Å². The Balaban J connectivity index is 1.60. The highest BCUT2D eigenvalue weighted by Gasteiger charge is 2.24. The monoisotopic (exact) mass is 347 g/mol. The molecule has 136 valence electrons. The Morgan fingerprint density at radius 2 is 2.04 bits per heavy atom. The predicted octanol–water partition coefficient (Wildman–Crippen LogP) is 2.00. The molecule has 7 nitrogen and oxygen atoms in total. The van der Waals surface area contributed by atoms with Gasteiger partial charge in [0.15, 0.2) is 0 Å². The van der Waals surface area contributed by atoms with Crippen molar-refractivity contribution in [2.75, 3.05) is 50.2 Å². The van der Waals surface area contributed by atoms with E-state index in [1.165, 1.54) is 7.11 Å². The van der Waals surface area contributed by atoms with E-state index < -0.39 is 0 Å². The topological polar surface area (TPSA) is 71.1 Å². The van der Waals surface area contributed by atoms with E-state index in [4.69, 9.17) is 9.47 Å². The molecule has 1 N–H and O–H groups in total. The van der Waals surface area contributed by atoms with Crippen molar-refractivity contribution in [2.45, 2.75) is 25.8 Å². The smallest absolute Gasteiger partial charge is 0.409 e. The number of aryl methyl sites for hydroxylation is 1. The maximum atomic E-state index is 12.0. The fraction of sp³-hybridized carbons (Fsp3) is 0.556. The molecule has 0 spiro atoms. The number of amides is 2. The lowest BCUT2D eigenvalue weighted by Gasteiger charge is -2.32. The molecule has 2 fully saturated rings. The Morgan fingerprint density at radius 3 is 2.68 bits per heavy atom. The Hall–Kier alpha value is -2.28. The summed E-state index contributed by atoms with van der Waals surface area (Å²) in [4.78, 5) is 27.1. The fourth-order valence-electron chi connectivity index (χ4n) is 3.39. The van der Waals surface area contributed by atoms with Crippen LogP contribution in [-0.4, -0.2) is 62.9 Å². The van der Waals surface area contributed by atoms with Crippen molar-refractivity contribution in [3.63, 3.8) is 0 Å². The number of carbonyl (C=O) groups excluding carboxylic acids is 2. The summed E-state index contributed by atoms with van der Waals surface area (Å²) in [5.74, 6) is 0.00485. The lowest BCUT2D eigenvalue weighted by Crippen LogP contribution is -2.42. The molecule has 0 unspecified atom stereocenters. The number of hydrogen-bond donors (Lipinski definition) is 1. The van der Waals surface area contributed by atoms with Crippen LogP contribution in [-0.2, 0) is 14.3 Å². The van der Waals surface area contributed by atoms with Gasteiger partial charge < -0.3 is 24.6 Å². The molecule has 0 aromatic heterocycles. The third-order valence-electron chi connectivity index (χ3n) is 4.77. The molecule has 0 bridgehead atoms. The van der Waals surface area contributed by atoms with E-state index in [9.17, 15) is 9.59 Å². The van der Waals surface area contributed by atoms with Gasteiger partial charge in [0.25, 0.3) is 5.91 Å². The summed E-state index contributed by atoms with van der Waals surface area (Å²) in [6.45, 7) is 4.73. The lowest BCUT2D eigenvalue weighted by molar-refractivity contribution is -0.125. The summed E-state index contributed by atoms with van der Waals surface area (Å²) >= 11 is 0. The summed E-state index contributed by atoms with van der Waals surface area (Å²) in [6.07, 6.45) is 1.52. The normalized spacial score (nSPS) is 19.0. The van der Waals surface area contributed by atoms with Crippen LogP contribution in [0.2, 0.25) is 0 Å². The van der Waals surface area contributed by atoms with Crippen LogP contribution < -0.4 is 10.2 Å². The van der Waals surface area contributed by atoms with Gasteiger partial charge >= 0.3 is 6.09 Å². The first-order valence-corrected chi connectivity index (χ1v) is 8.66. The second-order valence-electron chi connectivity index (χ2n) is 6.47. The molecule has 2 amide bonds. The summed E-state index contributed by atoms with van der Waals surface area (Å²) in [5, 5.41) is 3.53. The van der Waals surface area contributed by atoms with E-state index in [0.717, 1.165) is 29.8 Å². The number of nitrogens with one attached hydrogen (secondary N) is 1. The number of likely N-dealkylation sites (tertiary alicyclic amines) is 1. The minimum Gasteiger partial charge on any atom is -0.453 e. The Labute approximate surface area is 147 Å². The van der Waals surface area contributed by atoms with Gasteiger partial charge in [-0.05, 0) is 43.5 Å². The van der Waals surface area contributed by atoms with Gasteiger partial charge in [-0.15, -0.1) is 0 Å². The maximum Gasteiger partial charge on any atom is 0.409 e. The zero-order valence-electron chi connectivity index (χ0n) is 14.8. The average molecular weight is 347 g/mol. The molecule has 0 aliphatic carbocycles. The lowest BCUT2D eigenvalue weighted by atomic mass is 10.0. The summed E-state index contributed by atoms with van der Waals surface area (Å²) in [7, 11) is 1.41. The molecule has 0 saturated carbocycles. The van der Waals surface area contributed by atoms with Crippen molar-refractivity contribution >= 4 is 23.4 Å². The molecule has 2 aliphatic rings. The summed E-state index contributed by atoms with van der Waals surface area (Å²) in [5.41, 5.74) is 3.05. The van der Waals surface area contributed by atoms with Crippen LogP contribution in [0.15, 0.2) is 18.2 Å². The van der Waals surface area contributed by atoms with Crippen LogP contribution in [0, 0.1) is 6.92 Å². The second kappa shape index (κ2) is 7.74. The average Bonchev–Trinajstić information content (AvgIpc) is 2.63. The molecule has 25 heavy (non-hydrogen) atoms. The van der Waals surface area contributed by atoms with Gasteiger partial charge in [-0.1, -0.05) is 0 Å². The highest BCUT2D eigenvalue weighted by Crippen LogP contribution is 2.26. The number of nitrogens with zero attached hydrogens (tertiary/aromatic N) is 2. The standard InChI is InChI=1S/C18H25N3O4/c1-13-11-15(3-4-16(13)21-9-10-25-12-17(21)22)19-14-5-7-20(8-6-14)18(23)24-2/h3-4,11,14,19H,5-10,12H2,1-2H3. The van der Waals surface area contributed by atoms with Crippen molar-refractivity contribution in [3.8, 4) is 0 Å². The number of anilines is 2. The van der Waals surface area contributed by atoms with Crippen molar-refractivity contribution in [2.24, 2.45) is 0 Å². The molecule has 3 rings (SSSR count). The number of methoxy groups -OCH3 is 1. The third kappa shape index (κ3) is 4.04. The largest absolute Gasteiger partial charge is 0.453 e. The van der Waals surface area contributed by atoms with E-state index >= 15 is 0 Å². The molecular weight excluding hydrogens is 322 g/mol. The number of benzene rings is 1. The van der Waals surface area contributed by atoms with Gasteiger partial charge in [0, 0.05) is 37.1 Å². The molecule has 0 radical (unpaired) electrons. The van der Waals surface area contributed by atoms with E-state index in [-0.39, 0.29) is 18.6 Å². The van der Waals surface area contributed by atoms with Gasteiger partial charge in [-0.2, -0.15) is 0 Å². The molecule has 1 aromatic carbocycles. The van der Waals surface area contributed by atoms with Crippen molar-refractivity contribution in [1.82, 2.24) is 4.90 Å². The number of rotatable bonds is 3. The SMILES string of the molecule is COC(=O)N1CCC(Nc2ccc(N3CCOCC3=O)c(C)c2)CC1. The van der Waals surface area contributed by atoms with Crippen LogP contribution in [0.4, 0.5) is 16.2 Å². The molecular formula is C18H25N3O4. The number of ether oxygens (including phenoxy) is 2. The minimum atomic E-state index is -0.256. The van der Waals surface area contributed by atoms with Crippen molar-refractivity contribution in [1.29, 1.82) is 0 Å². The first-order chi connectivity index (χ1) is 12.1. The maximum absolute atomic E-state index is 12.0. The van der Waals surface area contributed by atoms with Gasteiger partial charge in [0.1, 0.15) is 6.61 Å². The molecule has 1 aromatic rings. The Kier molecular flexibility index (Phi) is 5.43. The minimum absolute atomic E-state index is 0.00485. The summed E-state index contributed by atoms with van der Waals surface area (Å²) in [6, 6.07) is 6.41. The first-order valence-electron chi connectivity index (χ1n) is 8.66. The molecule has 2 saturated heterocycles. The zero-order chi connectivity index (χ0) is 17.8. The molecule has 7 heteroatoms. The number of morpholine rings is 1. The van der Waals surface area contributed by atoms with Gasteiger partial charge in [-0.25, -0.2) is 4.79 Å². The molecule has 2 aliphatic heterocycles. The van der Waals surface area contributed by atoms with Gasteiger partial charge in [0.05, 0.1) is 13.7 Å². The van der Waals surface area contributed by atoms with E-state index in [1.807, 2.05) is 19.1 Å². The number of hydrogen-bond acceptors (Lipinski definition) is 5. The van der Waals surface area contributed by atoms with Crippen LogP contribution in [0.5, 0.6) is 0 Å². The highest BCUT2D eigenvalue weighted by molar-refractivity contribution is 5.95. The van der Waals surface area contributed by atoms with Crippen LogP contribution >= 0.6 is 0 Å². The highest BCUT2D eigenvalue weighted by atomic mass is 16.5. The second-order valence-corrected chi connectivity index (χ2v) is 6.47. The van der Waals surface area contributed by atoms with E-state index in [2.05, 4.69) is 11.4 Å². The Morgan fingerprint density at radius 1 is 1.28 bits per heavy atom. The molecule has 2 heterocycles. The van der Waals surface area contributed by atoms with Gasteiger partial charge in [-0.3, -0.25) is 4.79 Å². The van der Waals surface area contributed by atoms with Crippen LogP contribution in [0.1, 0.15) is 18.4 Å². The fourth-order valence-corrected chi connectivity index (χ4v) is 3.39. The number of carbonyl (C=O) groups is 2. The predicted molar refractivity (Wildman–Crippen MR) is 95.0 cm³/mol. The third-order valence-corrected chi connectivity index (χ3v) is 4.77. The van der Waals surface area contributed by atoms with Crippen molar-refractivity contribution < 1.29 is 19.1 Å². The van der Waals surface area contributed by atoms with Crippen LogP contribution in [0.3, 0.4) is 0 Å². The molecule has 0 atom stereocenters. The van der Waals surface area contributed by atoms with E-state index in [0.29, 0.717) is 32.3 Å². The summed E-state index contributed by atoms with van der Waals surface area (Å²) < 4.78 is 9.95. The van der Waals surface area contributed by atoms with Crippen LogP contribution in [0.25, 0.3) is 0 Å². The first kappa shape index (κ1) is 17.5. The quantitative estimate of drug-likeness (QED) is 0.906. The zero-order valence-corrected chi connectivity index (χ0v) is 14.8. The Bertz CT molecular complexity index is 641. The number of piperidine rings is 1. The van der Waals surface area contributed by atoms with Crippen molar-refractivity contribution in [3.05, 3.63) is 23.8 Å². The van der Waals surface area contributed by atoms with E-state index in [1.54, 1.807) is 9.80 Å².